The van der Waals surface area contributed by atoms with Gasteiger partial charge >= 0.3 is 0 Å². The van der Waals surface area contributed by atoms with E-state index in [1.807, 2.05) is 32.0 Å². The Kier molecular flexibility index (Phi) is 10.5. The molecule has 0 unspecified atom stereocenters. The summed E-state index contributed by atoms with van der Waals surface area (Å²) < 4.78 is 29.8. The predicted molar refractivity (Wildman–Crippen MR) is 228 cm³/mol. The zero-order chi connectivity index (χ0) is 41.7. The number of aryl methyl sites for hydroxylation is 2. The first kappa shape index (κ1) is 39.6. The van der Waals surface area contributed by atoms with E-state index in [0.717, 1.165) is 110 Å². The first-order chi connectivity index (χ1) is 29.0. The first-order valence-corrected chi connectivity index (χ1v) is 21.6. The molecule has 3 aliphatic heterocycles. The number of fused-ring (bicyclic) bond motifs is 3. The highest BCUT2D eigenvalue weighted by atomic mass is 32.1. The molecule has 1 aliphatic carbocycles. The molecule has 2 aromatic carbocycles. The van der Waals surface area contributed by atoms with Gasteiger partial charge in [-0.25, -0.2) is 4.39 Å². The first-order valence-electron chi connectivity index (χ1n) is 20.8. The van der Waals surface area contributed by atoms with Gasteiger partial charge < -0.3 is 24.6 Å². The lowest BCUT2D eigenvalue weighted by atomic mass is 9.77. The van der Waals surface area contributed by atoms with E-state index in [1.54, 1.807) is 41.7 Å². The summed E-state index contributed by atoms with van der Waals surface area (Å²) >= 11 is 1.67. The summed E-state index contributed by atoms with van der Waals surface area (Å²) in [5, 5.41) is 31.0. The van der Waals surface area contributed by atoms with E-state index in [0.29, 0.717) is 34.0 Å². The Labute approximate surface area is 353 Å². The van der Waals surface area contributed by atoms with E-state index in [1.165, 1.54) is 12.0 Å². The number of aromatic nitrogens is 5. The van der Waals surface area contributed by atoms with Crippen LogP contribution in [0.3, 0.4) is 0 Å². The van der Waals surface area contributed by atoms with Crippen molar-refractivity contribution in [2.75, 3.05) is 43.1 Å². The van der Waals surface area contributed by atoms with Crippen LogP contribution in [0.4, 0.5) is 15.9 Å². The number of hydrogen-bond acceptors (Lipinski definition) is 12. The molecular weight excluding hydrogens is 780 g/mol. The minimum absolute atomic E-state index is 0.0252. The lowest BCUT2D eigenvalue weighted by Gasteiger charge is -2.40. The lowest BCUT2D eigenvalue weighted by molar-refractivity contribution is 0.0888. The summed E-state index contributed by atoms with van der Waals surface area (Å²) in [5.41, 5.74) is 5.04. The molecule has 2 saturated heterocycles. The van der Waals surface area contributed by atoms with Crippen molar-refractivity contribution < 1.29 is 18.7 Å². The van der Waals surface area contributed by atoms with Gasteiger partial charge in [-0.15, -0.1) is 31.7 Å². The Balaban J connectivity index is 0.782. The molecule has 1 saturated carbocycles. The third-order valence-electron chi connectivity index (χ3n) is 13.0. The standard InChI is InChI=1S/C45H49FN10O3S/c1-26-28(3)60-44-40(26)41(48-27(2)42-53-50-29(4)56(42)44)35-13-9-32(22-36(35)46)54-19-16-45(17-20-54)18-21-55(25-45)39-15-14-37(51-52-39)43(57)49-31-7-11-33(12-8-31)59-34-10-6-30(24-47)38(23-34)58-5/h6,9-10,13-15,22-23,27,31,33H,7-8,11-12,16-21,25H2,1-5H3,(H,49,57)/t27-,31?,33?/m0/s1. The number of nitriles is 1. The van der Waals surface area contributed by atoms with Crippen LogP contribution < -0.4 is 24.6 Å². The molecule has 3 aromatic heterocycles. The van der Waals surface area contributed by atoms with Crippen LogP contribution in [0.25, 0.3) is 5.00 Å². The van der Waals surface area contributed by atoms with E-state index >= 15 is 4.39 Å². The summed E-state index contributed by atoms with van der Waals surface area (Å²) in [5.74, 6) is 3.02. The van der Waals surface area contributed by atoms with Gasteiger partial charge in [0.25, 0.3) is 5.91 Å². The van der Waals surface area contributed by atoms with Crippen molar-refractivity contribution in [1.82, 2.24) is 30.3 Å². The molecule has 1 N–H and O–H groups in total. The van der Waals surface area contributed by atoms with Gasteiger partial charge in [0.1, 0.15) is 40.3 Å². The van der Waals surface area contributed by atoms with Gasteiger partial charge in [0.05, 0.1) is 24.5 Å². The summed E-state index contributed by atoms with van der Waals surface area (Å²) in [7, 11) is 1.54. The second-order valence-corrected chi connectivity index (χ2v) is 17.9. The number of nitrogens with zero attached hydrogens (tertiary/aromatic N) is 9. The van der Waals surface area contributed by atoms with Gasteiger partial charge in [-0.3, -0.25) is 14.4 Å². The smallest absolute Gasteiger partial charge is 0.272 e. The predicted octanol–water partition coefficient (Wildman–Crippen LogP) is 7.59. The molecule has 4 aliphatic rings. The molecule has 1 atom stereocenters. The molecule has 6 heterocycles. The largest absolute Gasteiger partial charge is 0.495 e. The Morgan fingerprint density at radius 2 is 1.72 bits per heavy atom. The zero-order valence-corrected chi connectivity index (χ0v) is 35.5. The quantitative estimate of drug-likeness (QED) is 0.166. The average molecular weight is 829 g/mol. The molecule has 310 valence electrons. The number of amides is 1. The number of halogens is 1. The Bertz CT molecular complexity index is 2510. The highest BCUT2D eigenvalue weighted by Gasteiger charge is 2.41. The van der Waals surface area contributed by atoms with Crippen molar-refractivity contribution in [3.05, 3.63) is 98.8 Å². The molecule has 1 amide bonds. The van der Waals surface area contributed by atoms with Gasteiger partial charge in [0.2, 0.25) is 0 Å². The van der Waals surface area contributed by atoms with Gasteiger partial charge in [0, 0.05) is 60.0 Å². The number of hydrogen-bond donors (Lipinski definition) is 1. The number of aliphatic imine (C=N–C) groups is 1. The summed E-state index contributed by atoms with van der Waals surface area (Å²) in [6.45, 7) is 11.6. The molecule has 0 bridgehead atoms. The number of anilines is 2. The maximum atomic E-state index is 16.3. The maximum Gasteiger partial charge on any atom is 0.272 e. The van der Waals surface area contributed by atoms with E-state index in [2.05, 4.69) is 60.0 Å². The van der Waals surface area contributed by atoms with Crippen LogP contribution in [0, 0.1) is 43.3 Å². The van der Waals surface area contributed by atoms with E-state index in [4.69, 9.17) is 14.5 Å². The minimum atomic E-state index is -0.274. The van der Waals surface area contributed by atoms with Crippen LogP contribution in [0.5, 0.6) is 11.5 Å². The number of carbonyl (C=O) groups excluding carboxylic acids is 1. The number of thiophene rings is 1. The molecule has 15 heteroatoms. The Morgan fingerprint density at radius 3 is 2.42 bits per heavy atom. The average Bonchev–Trinajstić information content (AvgIpc) is 3.92. The van der Waals surface area contributed by atoms with Crippen molar-refractivity contribution in [3.8, 4) is 22.6 Å². The van der Waals surface area contributed by atoms with Crippen molar-refractivity contribution in [2.45, 2.75) is 90.8 Å². The molecule has 9 rings (SSSR count). The number of methoxy groups -OCH3 is 1. The van der Waals surface area contributed by atoms with E-state index in [9.17, 15) is 10.1 Å². The SMILES string of the molecule is COc1cc(OC2CCC(NC(=O)c3ccc(N4CCC5(CCN(c6ccc(C7=N[C@@H](C)c8nnc(C)n8-c8sc(C)c(C)c87)c(F)c6)CC5)C4)nn3)CC2)ccc1C#N. The monoisotopic (exact) mass is 828 g/mol. The number of ether oxygens (including phenoxy) is 2. The maximum absolute atomic E-state index is 16.3. The highest BCUT2D eigenvalue weighted by Crippen LogP contribution is 2.43. The zero-order valence-electron chi connectivity index (χ0n) is 34.7. The van der Waals surface area contributed by atoms with Crippen LogP contribution >= 0.6 is 11.3 Å². The second kappa shape index (κ2) is 15.9. The fourth-order valence-electron chi connectivity index (χ4n) is 9.37. The Morgan fingerprint density at radius 1 is 0.950 bits per heavy atom. The van der Waals surface area contributed by atoms with Crippen LogP contribution in [-0.2, 0) is 0 Å². The minimum Gasteiger partial charge on any atom is -0.495 e. The topological polar surface area (TPSA) is 147 Å². The number of nitrogens with one attached hydrogen (secondary N) is 1. The molecule has 0 radical (unpaired) electrons. The second-order valence-electron chi connectivity index (χ2n) is 16.7. The van der Waals surface area contributed by atoms with Crippen LogP contribution in [0.1, 0.15) is 107 Å². The molecule has 5 aromatic rings. The van der Waals surface area contributed by atoms with Crippen molar-refractivity contribution in [2.24, 2.45) is 10.4 Å². The number of carbonyl (C=O) groups is 1. The number of rotatable bonds is 8. The van der Waals surface area contributed by atoms with Gasteiger partial charge in [-0.2, -0.15) is 5.26 Å². The van der Waals surface area contributed by atoms with Crippen molar-refractivity contribution in [3.63, 3.8) is 0 Å². The molecular formula is C45H49FN10O3S. The molecule has 1 spiro atoms. The van der Waals surface area contributed by atoms with Crippen molar-refractivity contribution >= 4 is 34.5 Å². The third-order valence-corrected chi connectivity index (χ3v) is 14.2. The van der Waals surface area contributed by atoms with Gasteiger partial charge in [-0.05, 0) is 126 Å². The van der Waals surface area contributed by atoms with E-state index < -0.39 is 0 Å². The summed E-state index contributed by atoms with van der Waals surface area (Å²) in [6, 6.07) is 16.4. The number of benzene rings is 2. The van der Waals surface area contributed by atoms with Crippen LogP contribution in [-0.4, -0.2) is 82.0 Å². The van der Waals surface area contributed by atoms with Crippen molar-refractivity contribution in [1.29, 1.82) is 5.26 Å². The summed E-state index contributed by atoms with van der Waals surface area (Å²) in [4.78, 5) is 24.0. The van der Waals surface area contributed by atoms with Gasteiger partial charge in [-0.1, -0.05) is 0 Å². The highest BCUT2D eigenvalue weighted by molar-refractivity contribution is 7.15. The molecule has 3 fully saturated rings. The Hall–Kier alpha value is -5.88. The third kappa shape index (κ3) is 7.35. The van der Waals surface area contributed by atoms with Crippen LogP contribution in [0.2, 0.25) is 0 Å². The fourth-order valence-corrected chi connectivity index (χ4v) is 10.6. The normalized spacial score (nSPS) is 20.8. The number of piperidine rings is 1. The lowest BCUT2D eigenvalue weighted by Crippen LogP contribution is -2.42. The molecule has 13 nitrogen and oxygen atoms in total. The van der Waals surface area contributed by atoms with Crippen LogP contribution in [0.15, 0.2) is 53.5 Å². The fraction of sp³-hybridized carbons (Fsp3) is 0.444. The van der Waals surface area contributed by atoms with Gasteiger partial charge in [0.15, 0.2) is 17.3 Å². The van der Waals surface area contributed by atoms with E-state index in [-0.39, 0.29) is 35.3 Å². The molecule has 60 heavy (non-hydrogen) atoms. The summed E-state index contributed by atoms with van der Waals surface area (Å²) in [6.07, 6.45) is 6.25.